The molecule has 135 heavy (non-hydrogen) atoms. The van der Waals surface area contributed by atoms with E-state index in [1.165, 1.54) is 92.6 Å². The molecule has 4 aromatic rings. The minimum absolute atomic E-state index is 0.0175. The first-order valence-corrected chi connectivity index (χ1v) is 51.2. The number of alkyl carbamates (subject to hydrolysis) is 1. The van der Waals surface area contributed by atoms with Gasteiger partial charge in [0.2, 0.25) is 47.3 Å². The van der Waals surface area contributed by atoms with Gasteiger partial charge in [0, 0.05) is 101 Å². The predicted octanol–water partition coefficient (Wildman–Crippen LogP) is 7.87. The van der Waals surface area contributed by atoms with Crippen LogP contribution in [-0.4, -0.2) is 263 Å². The molecule has 3 saturated heterocycles. The van der Waals surface area contributed by atoms with Crippen molar-refractivity contribution >= 4 is 143 Å². The molecular formula is C96H131ClN12O22S4. The molecular weight excluding hydrogens is 1840 g/mol. The number of amides is 11. The van der Waals surface area contributed by atoms with E-state index in [0.717, 1.165) is 69.5 Å². The van der Waals surface area contributed by atoms with Gasteiger partial charge in [-0.1, -0.05) is 191 Å². The number of methoxy groups -OCH3 is 2. The van der Waals surface area contributed by atoms with Gasteiger partial charge in [0.25, 0.3) is 0 Å². The highest BCUT2D eigenvalue weighted by molar-refractivity contribution is 8.77. The number of aliphatic hydroxyl groups excluding tert-OH is 2. The van der Waals surface area contributed by atoms with Crippen LogP contribution in [-0.2, 0) is 97.4 Å². The minimum Gasteiger partial charge on any atom is -0.508 e. The molecule has 0 aromatic heterocycles. The van der Waals surface area contributed by atoms with Crippen LogP contribution < -0.4 is 63.2 Å². The van der Waals surface area contributed by atoms with Crippen molar-refractivity contribution in [2.24, 2.45) is 17.6 Å². The monoisotopic (exact) mass is 1970 g/mol. The Hall–Kier alpha value is -9.74. The molecule has 0 saturated carbocycles. The van der Waals surface area contributed by atoms with Crippen molar-refractivity contribution in [1.82, 2.24) is 52.8 Å². The normalized spacial score (nSPS) is 25.6. The number of hydrogen-bond acceptors (Lipinski definition) is 27. The van der Waals surface area contributed by atoms with E-state index in [4.69, 9.17) is 41.0 Å². The summed E-state index contributed by atoms with van der Waals surface area (Å²) in [5, 5.41) is 69.4. The van der Waals surface area contributed by atoms with E-state index >= 15 is 19.2 Å². The van der Waals surface area contributed by atoms with Gasteiger partial charge in [-0.15, -0.1) is 0 Å². The molecule has 4 bridgehead atoms. The second-order valence-electron chi connectivity index (χ2n) is 35.2. The van der Waals surface area contributed by atoms with Crippen LogP contribution in [0, 0.1) is 11.8 Å². The number of halogens is 1. The number of aromatic hydroxyl groups is 1. The number of anilines is 1. The number of esters is 1. The number of epoxide rings is 1. The Morgan fingerprint density at radius 3 is 2.20 bits per heavy atom. The van der Waals surface area contributed by atoms with Gasteiger partial charge in [-0.2, -0.15) is 0 Å². The second kappa shape index (κ2) is 52.7. The number of carbonyl (C=O) groups is 13. The number of hydrogen-bond donors (Lipinski definition) is 14. The highest BCUT2D eigenvalue weighted by Crippen LogP contribution is 2.50. The molecule has 1 aliphatic carbocycles. The number of ether oxygens (including phenoxy) is 5. The number of phenols is 1. The van der Waals surface area contributed by atoms with Crippen LogP contribution in [0.4, 0.5) is 15.3 Å². The molecule has 0 spiro atoms. The lowest BCUT2D eigenvalue weighted by Crippen LogP contribution is -2.63. The second-order valence-corrected chi connectivity index (χ2v) is 40.8. The predicted molar refractivity (Wildman–Crippen MR) is 520 cm³/mol. The fourth-order valence-corrected chi connectivity index (χ4v) is 21.1. The van der Waals surface area contributed by atoms with Crippen molar-refractivity contribution in [2.45, 2.75) is 260 Å². The first-order valence-electron chi connectivity index (χ1n) is 45.8. The average molecular weight is 1970 g/mol. The maximum atomic E-state index is 15.6. The topological polar surface area (TPSA) is 493 Å². The molecule has 0 unspecified atom stereocenters. The van der Waals surface area contributed by atoms with Gasteiger partial charge in [0.1, 0.15) is 82.7 Å². The number of phenolic OH excluding ortho intramolecular Hbond substituents is 1. The molecule has 39 heteroatoms. The SMILES string of the molecule is CCCCCCCC(=O)[C@@H](NC(=O)[C@@H]1CSSC[C@H](NC(=O)[C@@H](Cc2ccccc2)NC(=O)NCCSSCCC(=O)N(C)[C@@H](C)C(=O)O[C@H]2CC(=O)N(C)c3cc(cc(OC)c3Cl)C/C(C)=C/C=C/[C@@H](OC)[C@@]3(O)C[C@H](OC(=O)N3)[C@@H](C)[C@@H]3O[C@@]23C)C(=O)C[C@@H](Cc2ccc(O)cc2)C(=O)N[C@H](CC2=CCc3ccccc32)C(=O)N[C@@H](CCCCN)C(=O)N[C@@H]([C@@H](C)O)C(=O)N1)[C@@H](C)O. The molecule has 15 N–H and O–H groups in total. The fraction of sp³-hybridized carbons (Fsp3) is 0.552. The Morgan fingerprint density at radius 1 is 0.800 bits per heavy atom. The van der Waals surface area contributed by atoms with E-state index in [2.05, 4.69) is 47.9 Å². The summed E-state index contributed by atoms with van der Waals surface area (Å²) >= 11 is 6.91. The third-order valence-electron chi connectivity index (χ3n) is 24.8. The molecule has 5 aliphatic rings. The van der Waals surface area contributed by atoms with Crippen molar-refractivity contribution in [3.8, 4) is 11.5 Å². The maximum Gasteiger partial charge on any atom is 0.409 e. The van der Waals surface area contributed by atoms with Gasteiger partial charge in [-0.25, -0.2) is 14.4 Å². The van der Waals surface area contributed by atoms with Gasteiger partial charge in [0.15, 0.2) is 17.3 Å². The number of ketones is 2. The number of nitrogens with one attached hydrogen (secondary N) is 9. The lowest BCUT2D eigenvalue weighted by atomic mass is 9.83. The summed E-state index contributed by atoms with van der Waals surface area (Å²) in [5.41, 5.74) is 8.04. The molecule has 9 rings (SSSR count). The van der Waals surface area contributed by atoms with E-state index in [1.54, 1.807) is 80.6 Å². The van der Waals surface area contributed by atoms with E-state index in [1.807, 2.05) is 50.3 Å². The number of aliphatic hydroxyl groups is 3. The molecule has 18 atom stereocenters. The highest BCUT2D eigenvalue weighted by atomic mass is 35.5. The number of allylic oxidation sites excluding steroid dienone is 4. The third kappa shape index (κ3) is 31.6. The number of carbonyl (C=O) groups excluding carboxylic acids is 13. The Morgan fingerprint density at radius 2 is 1.50 bits per heavy atom. The zero-order valence-corrected chi connectivity index (χ0v) is 82.3. The maximum absolute atomic E-state index is 15.6. The van der Waals surface area contributed by atoms with Gasteiger partial charge >= 0.3 is 18.1 Å². The zero-order chi connectivity index (χ0) is 98.4. The number of nitrogens with zero attached hydrogens (tertiary/aromatic N) is 2. The van der Waals surface area contributed by atoms with Crippen molar-refractivity contribution < 1.29 is 106 Å². The van der Waals surface area contributed by atoms with Crippen molar-refractivity contribution in [3.05, 3.63) is 154 Å². The van der Waals surface area contributed by atoms with Crippen molar-refractivity contribution in [2.75, 3.05) is 69.3 Å². The first kappa shape index (κ1) is 109. The van der Waals surface area contributed by atoms with Crippen molar-refractivity contribution in [1.29, 1.82) is 0 Å². The number of fused-ring (bicyclic) bond motifs is 6. The Kier molecular flexibility index (Phi) is 42.5. The van der Waals surface area contributed by atoms with Crippen LogP contribution in [0.15, 0.2) is 121 Å². The number of rotatable bonds is 36. The summed E-state index contributed by atoms with van der Waals surface area (Å²) in [7, 11) is 10.4. The molecule has 4 aromatic carbocycles. The first-order chi connectivity index (χ1) is 64.4. The lowest BCUT2D eigenvalue weighted by Gasteiger charge is -2.42. The van der Waals surface area contributed by atoms with Gasteiger partial charge in [-0.3, -0.25) is 53.3 Å². The van der Waals surface area contributed by atoms with E-state index < -0.39 is 198 Å². The number of urea groups is 1. The zero-order valence-electron chi connectivity index (χ0n) is 78.3. The quantitative estimate of drug-likeness (QED) is 0.00890. The number of benzene rings is 4. The van der Waals surface area contributed by atoms with E-state index in [0.29, 0.717) is 53.8 Å². The fourth-order valence-electron chi connectivity index (χ4n) is 16.6. The Balaban J connectivity index is 0.908. The third-order valence-corrected chi connectivity index (χ3v) is 30.0. The van der Waals surface area contributed by atoms with E-state index in [-0.39, 0.29) is 98.2 Å². The van der Waals surface area contributed by atoms with Crippen LogP contribution in [0.2, 0.25) is 5.02 Å². The summed E-state index contributed by atoms with van der Waals surface area (Å²) < 4.78 is 29.8. The summed E-state index contributed by atoms with van der Waals surface area (Å²) in [4.78, 5) is 192. The number of Topliss-reactive ketones (excluding diaryl/α,β-unsaturated/α-hetero) is 2. The number of likely N-dealkylation sites (N-methyl/N-ethyl adjacent to an activating group) is 1. The lowest BCUT2D eigenvalue weighted by molar-refractivity contribution is -0.162. The van der Waals surface area contributed by atoms with Gasteiger partial charge < -0.3 is 102 Å². The van der Waals surface area contributed by atoms with Gasteiger partial charge in [0.05, 0.1) is 43.6 Å². The number of unbranched alkanes of at least 4 members (excludes halogenated alkanes) is 5. The number of nitrogens with two attached hydrogens (primary N) is 1. The molecule has 738 valence electrons. The summed E-state index contributed by atoms with van der Waals surface area (Å²) in [6, 6.07) is 13.1. The molecule has 4 aliphatic heterocycles. The van der Waals surface area contributed by atoms with Crippen LogP contribution in [0.3, 0.4) is 0 Å². The summed E-state index contributed by atoms with van der Waals surface area (Å²) in [5.74, 6) is -10.3. The molecule has 4 heterocycles. The standard InChI is InChI=1S/C96H131ClN12O22S4/c1-12-13-14-15-19-31-74(113)83(58(5)110)105-90(121)72-54-135-134-53-71(75(114)50-65(45-61-33-37-66(112)38-34-61)86(117)101-70(49-64-36-35-63-28-20-21-29-67(63)64)89(120)100-68(30-22-23-40-98)87(118)106-84(59(6)111)91(122)103-72)102-88(119)69(46-60-26-17-16-18-27-60)104-93(124)99-41-43-133-132-42-39-80(115)108(8)57(4)92(123)130-79-51-81(116)109(9)73-47-62(48-76(127-10)82(73)97)44-55(2)25-24-32-78(128-11)96(126)52-77(129-94(125)107-96)56(3)85-95(79,7)131-85/h16-18,20-21,24-29,32-34,36-38,47-48,56-59,65,68-72,77-79,83-85,110-112,126H,12-15,19,22-23,30-31,35,39-46,49-54,98H2,1-11H3,(H,100,120)(H,101,117)(H,102,119)(H,103,122)(H,105,121)(H,106,118)(H,107,125)(H2,99,104,124)/b32-24+,55-25+/t56-,57+,58-,59-,65-,68+,69-,70-,71+,72+,77+,78-,79+,83+,84+,85+,95+,96+/m1/s1. The Labute approximate surface area is 809 Å². The minimum atomic E-state index is -1.94. The molecule has 3 fully saturated rings. The molecule has 34 nitrogen and oxygen atoms in total. The van der Waals surface area contributed by atoms with E-state index in [9.17, 15) is 63.6 Å². The van der Waals surface area contributed by atoms with Crippen LogP contribution in [0.25, 0.3) is 5.57 Å². The molecule has 11 amide bonds. The largest absolute Gasteiger partial charge is 0.508 e. The van der Waals surface area contributed by atoms with Crippen LogP contribution in [0.1, 0.15) is 166 Å². The van der Waals surface area contributed by atoms with Crippen LogP contribution >= 0.6 is 54.8 Å². The summed E-state index contributed by atoms with van der Waals surface area (Å²) in [6.45, 7) is 11.6. The highest BCUT2D eigenvalue weighted by Gasteiger charge is 2.65. The summed E-state index contributed by atoms with van der Waals surface area (Å²) in [6.07, 6.45) is 2.91. The molecule has 0 radical (unpaired) electrons. The Bertz CT molecular complexity index is 4880. The van der Waals surface area contributed by atoms with Crippen LogP contribution in [0.5, 0.6) is 11.5 Å². The van der Waals surface area contributed by atoms with Crippen molar-refractivity contribution in [3.63, 3.8) is 0 Å². The van der Waals surface area contributed by atoms with Gasteiger partial charge in [-0.05, 0) is 144 Å². The average Bonchev–Trinajstić information content (AvgIpc) is 1.57. The smallest absolute Gasteiger partial charge is 0.409 e.